The van der Waals surface area contributed by atoms with Crippen LogP contribution in [0.4, 0.5) is 34.1 Å². The average molecular weight is 647 g/mol. The lowest BCUT2D eigenvalue weighted by molar-refractivity contribution is 0.620. The monoisotopic (exact) mass is 646 g/mol. The molecule has 0 saturated carbocycles. The second kappa shape index (κ2) is 11.0. The molecule has 0 atom stereocenters. The predicted molar refractivity (Wildman–Crippen MR) is 212 cm³/mol. The van der Waals surface area contributed by atoms with Gasteiger partial charge in [-0.05, 0) is 119 Å². The molecular formula is C48H42N2. The summed E-state index contributed by atoms with van der Waals surface area (Å²) in [6.07, 6.45) is 0. The summed E-state index contributed by atoms with van der Waals surface area (Å²) in [7, 11) is 0. The molecule has 2 heteroatoms. The number of aryl methyl sites for hydroxylation is 2. The van der Waals surface area contributed by atoms with E-state index in [1.54, 1.807) is 0 Å². The Morgan fingerprint density at radius 3 is 1.68 bits per heavy atom. The summed E-state index contributed by atoms with van der Waals surface area (Å²) in [4.78, 5) is 4.85. The lowest BCUT2D eigenvalue weighted by Gasteiger charge is -2.43. The minimum Gasteiger partial charge on any atom is -0.310 e. The third kappa shape index (κ3) is 4.55. The summed E-state index contributed by atoms with van der Waals surface area (Å²) in [6.45, 7) is 13.8. The van der Waals surface area contributed by atoms with Gasteiger partial charge in [0.1, 0.15) is 0 Å². The van der Waals surface area contributed by atoms with E-state index in [1.807, 2.05) is 0 Å². The van der Waals surface area contributed by atoms with Crippen LogP contribution in [0, 0.1) is 13.8 Å². The number of para-hydroxylation sites is 1. The van der Waals surface area contributed by atoms with Crippen molar-refractivity contribution < 1.29 is 0 Å². The Hall–Kier alpha value is -5.60. The molecule has 0 amide bonds. The zero-order valence-electron chi connectivity index (χ0n) is 29.8. The number of rotatable bonds is 4. The normalized spacial score (nSPS) is 14.9. The van der Waals surface area contributed by atoms with Gasteiger partial charge in [-0.3, -0.25) is 0 Å². The lowest BCUT2D eigenvalue weighted by atomic mass is 9.71. The Labute approximate surface area is 296 Å². The van der Waals surface area contributed by atoms with E-state index >= 15 is 0 Å². The first-order valence-corrected chi connectivity index (χ1v) is 17.8. The van der Waals surface area contributed by atoms with Gasteiger partial charge in [0.15, 0.2) is 0 Å². The largest absolute Gasteiger partial charge is 0.310 e. The van der Waals surface area contributed by atoms with Gasteiger partial charge in [-0.15, -0.1) is 0 Å². The van der Waals surface area contributed by atoms with E-state index in [2.05, 4.69) is 197 Å². The third-order valence-electron chi connectivity index (χ3n) is 11.3. The first kappa shape index (κ1) is 30.5. The average Bonchev–Trinajstić information content (AvgIpc) is 3.35. The van der Waals surface area contributed by atoms with Gasteiger partial charge in [-0.25, -0.2) is 0 Å². The summed E-state index contributed by atoms with van der Waals surface area (Å²) in [5.41, 5.74) is 17.7. The van der Waals surface area contributed by atoms with E-state index in [0.29, 0.717) is 0 Å². The van der Waals surface area contributed by atoms with E-state index < -0.39 is 0 Å². The van der Waals surface area contributed by atoms with Crippen molar-refractivity contribution in [1.82, 2.24) is 0 Å². The molecular weight excluding hydrogens is 605 g/mol. The molecule has 0 aromatic heterocycles. The van der Waals surface area contributed by atoms with Crippen molar-refractivity contribution in [2.24, 2.45) is 0 Å². The van der Waals surface area contributed by atoms with Crippen LogP contribution in [-0.4, -0.2) is 0 Å². The Bertz CT molecular complexity index is 2400. The van der Waals surface area contributed by atoms with Gasteiger partial charge in [0.05, 0.1) is 11.4 Å². The van der Waals surface area contributed by atoms with E-state index in [0.717, 1.165) is 17.1 Å². The van der Waals surface area contributed by atoms with E-state index in [4.69, 9.17) is 0 Å². The van der Waals surface area contributed by atoms with Crippen LogP contribution < -0.4 is 9.80 Å². The minimum absolute atomic E-state index is 0.0511. The van der Waals surface area contributed by atoms with Gasteiger partial charge in [-0.2, -0.15) is 0 Å². The summed E-state index contributed by atoms with van der Waals surface area (Å²) in [6, 6.07) is 54.4. The van der Waals surface area contributed by atoms with Crippen molar-refractivity contribution in [3.05, 3.63) is 179 Å². The molecule has 2 nitrogen and oxygen atoms in total. The Morgan fingerprint density at radius 1 is 0.420 bits per heavy atom. The molecule has 0 fully saturated rings. The van der Waals surface area contributed by atoms with Gasteiger partial charge < -0.3 is 9.80 Å². The fourth-order valence-corrected chi connectivity index (χ4v) is 8.51. The number of hydrogen-bond acceptors (Lipinski definition) is 2. The van der Waals surface area contributed by atoms with Crippen LogP contribution in [-0.2, 0) is 10.8 Å². The van der Waals surface area contributed by atoms with Gasteiger partial charge in [0.25, 0.3) is 0 Å². The molecule has 1 heterocycles. The van der Waals surface area contributed by atoms with Crippen LogP contribution >= 0.6 is 0 Å². The minimum atomic E-state index is -0.149. The Kier molecular flexibility index (Phi) is 6.67. The quantitative estimate of drug-likeness (QED) is 0.188. The number of benzene rings is 7. The van der Waals surface area contributed by atoms with Gasteiger partial charge in [0, 0.05) is 33.6 Å². The predicted octanol–water partition coefficient (Wildman–Crippen LogP) is 13.3. The number of hydrogen-bond donors (Lipinski definition) is 0. The van der Waals surface area contributed by atoms with Gasteiger partial charge >= 0.3 is 0 Å². The SMILES string of the molecule is Cc1ccc(N(c2ccc(C)cc2)c2ccc3cc(N4c5ccccc5C(C)(C)c5cc6c(cc54)-c4ccccc4C6(C)C)ccc3c2)cc1. The highest BCUT2D eigenvalue weighted by molar-refractivity contribution is 5.96. The van der Waals surface area contributed by atoms with Crippen molar-refractivity contribution in [3.8, 4) is 11.1 Å². The molecule has 0 bridgehead atoms. The smallest absolute Gasteiger partial charge is 0.0509 e. The van der Waals surface area contributed by atoms with Crippen LogP contribution in [0.15, 0.2) is 146 Å². The molecule has 1 aliphatic heterocycles. The van der Waals surface area contributed by atoms with Gasteiger partial charge in [0.2, 0.25) is 0 Å². The zero-order valence-corrected chi connectivity index (χ0v) is 29.8. The summed E-state index contributed by atoms with van der Waals surface area (Å²) in [5.74, 6) is 0. The van der Waals surface area contributed by atoms with Crippen LogP contribution in [0.2, 0.25) is 0 Å². The van der Waals surface area contributed by atoms with Crippen molar-refractivity contribution in [2.75, 3.05) is 9.80 Å². The Balaban J connectivity index is 1.20. The fraction of sp³-hybridized carbons (Fsp3) is 0.167. The van der Waals surface area contributed by atoms with Crippen molar-refractivity contribution in [2.45, 2.75) is 52.4 Å². The standard InChI is InChI=1S/C48H42N2/c1-31-15-21-35(22-16-31)49(36-23-17-32(2)18-24-36)37-25-19-34-28-38(26-20-33(34)27-37)50-45-14-10-9-13-42(45)48(5,6)44-30-43-40(29-46(44)50)39-11-7-8-12-41(39)47(43,3)4/h7-30H,1-6H3. The first-order valence-electron chi connectivity index (χ1n) is 17.8. The maximum atomic E-state index is 2.52. The lowest BCUT2D eigenvalue weighted by Crippen LogP contribution is -2.31. The van der Waals surface area contributed by atoms with Crippen molar-refractivity contribution >= 4 is 44.9 Å². The summed E-state index contributed by atoms with van der Waals surface area (Å²) in [5, 5.41) is 2.43. The first-order chi connectivity index (χ1) is 24.1. The molecule has 2 aliphatic rings. The third-order valence-corrected chi connectivity index (χ3v) is 11.3. The molecule has 7 aromatic rings. The molecule has 0 radical (unpaired) electrons. The van der Waals surface area contributed by atoms with E-state index in [9.17, 15) is 0 Å². The summed E-state index contributed by atoms with van der Waals surface area (Å²) < 4.78 is 0. The molecule has 0 saturated heterocycles. The number of anilines is 6. The Morgan fingerprint density at radius 2 is 0.980 bits per heavy atom. The zero-order chi connectivity index (χ0) is 34.4. The molecule has 0 N–H and O–H groups in total. The van der Waals surface area contributed by atoms with Gasteiger partial charge in [-0.1, -0.05) is 124 Å². The molecule has 50 heavy (non-hydrogen) atoms. The van der Waals surface area contributed by atoms with Crippen molar-refractivity contribution in [1.29, 1.82) is 0 Å². The summed E-state index contributed by atoms with van der Waals surface area (Å²) >= 11 is 0. The molecule has 1 aliphatic carbocycles. The van der Waals surface area contributed by atoms with Crippen molar-refractivity contribution in [3.63, 3.8) is 0 Å². The highest BCUT2D eigenvalue weighted by Gasteiger charge is 2.42. The molecule has 9 rings (SSSR count). The van der Waals surface area contributed by atoms with E-state index in [1.165, 1.54) is 72.3 Å². The molecule has 0 spiro atoms. The maximum absolute atomic E-state index is 2.52. The topological polar surface area (TPSA) is 6.48 Å². The molecule has 7 aromatic carbocycles. The van der Waals surface area contributed by atoms with E-state index in [-0.39, 0.29) is 10.8 Å². The maximum Gasteiger partial charge on any atom is 0.0509 e. The van der Waals surface area contributed by atoms with Crippen LogP contribution in [0.5, 0.6) is 0 Å². The van der Waals surface area contributed by atoms with Crippen LogP contribution in [0.3, 0.4) is 0 Å². The highest BCUT2D eigenvalue weighted by atomic mass is 15.2. The van der Waals surface area contributed by atoms with Crippen LogP contribution in [0.25, 0.3) is 21.9 Å². The number of fused-ring (bicyclic) bond motifs is 6. The van der Waals surface area contributed by atoms with Crippen LogP contribution in [0.1, 0.15) is 61.1 Å². The highest BCUT2D eigenvalue weighted by Crippen LogP contribution is 2.57. The molecule has 0 unspecified atom stereocenters. The second-order valence-electron chi connectivity index (χ2n) is 15.3. The number of nitrogens with zero attached hydrogens (tertiary/aromatic N) is 2. The second-order valence-corrected chi connectivity index (χ2v) is 15.3. The molecule has 244 valence electrons. The fourth-order valence-electron chi connectivity index (χ4n) is 8.51.